The zero-order chi connectivity index (χ0) is 13.0. The van der Waals surface area contributed by atoms with E-state index >= 15 is 0 Å². The highest BCUT2D eigenvalue weighted by Crippen LogP contribution is 2.31. The quantitative estimate of drug-likeness (QED) is 0.853. The molecule has 0 radical (unpaired) electrons. The van der Waals surface area contributed by atoms with Crippen LogP contribution in [0.1, 0.15) is 44.0 Å². The van der Waals surface area contributed by atoms with Gasteiger partial charge in [0.25, 0.3) is 0 Å². The lowest BCUT2D eigenvalue weighted by Gasteiger charge is -2.26. The van der Waals surface area contributed by atoms with Crippen LogP contribution in [0.25, 0.3) is 0 Å². The minimum atomic E-state index is -0.815. The molecule has 1 aromatic carbocycles. The maximum absolute atomic E-state index is 14.5. The second-order valence-corrected chi connectivity index (χ2v) is 5.85. The van der Waals surface area contributed by atoms with E-state index in [0.29, 0.717) is 5.92 Å². The Kier molecular flexibility index (Phi) is 4.76. The van der Waals surface area contributed by atoms with E-state index in [9.17, 15) is 4.39 Å². The highest BCUT2D eigenvalue weighted by atomic mass is 19.1. The second kappa shape index (κ2) is 6.33. The largest absolute Gasteiger partial charge is 0.316 e. The van der Waals surface area contributed by atoms with Gasteiger partial charge in [-0.25, -0.2) is 4.39 Å². The van der Waals surface area contributed by atoms with Gasteiger partial charge in [0.15, 0.2) is 0 Å². The van der Waals surface area contributed by atoms with E-state index in [1.54, 1.807) is 0 Å². The Morgan fingerprint density at radius 1 is 1.39 bits per heavy atom. The molecule has 1 aliphatic heterocycles. The van der Waals surface area contributed by atoms with Crippen LogP contribution in [0.15, 0.2) is 24.3 Å². The van der Waals surface area contributed by atoms with Crippen molar-refractivity contribution >= 4 is 0 Å². The Labute approximate surface area is 110 Å². The molecule has 0 saturated carbocycles. The van der Waals surface area contributed by atoms with Crippen molar-refractivity contribution in [2.24, 2.45) is 11.8 Å². The van der Waals surface area contributed by atoms with Crippen molar-refractivity contribution < 1.29 is 4.39 Å². The van der Waals surface area contributed by atoms with Gasteiger partial charge in [-0.15, -0.1) is 0 Å². The number of piperidine rings is 1. The average molecular weight is 249 g/mol. The van der Waals surface area contributed by atoms with E-state index in [1.807, 2.05) is 12.1 Å². The molecule has 100 valence electrons. The number of benzene rings is 1. The molecule has 2 heteroatoms. The molecule has 1 N–H and O–H groups in total. The maximum Gasteiger partial charge on any atom is 0.129 e. The molecule has 0 spiro atoms. The first-order chi connectivity index (χ1) is 8.66. The van der Waals surface area contributed by atoms with Crippen molar-refractivity contribution in [3.63, 3.8) is 0 Å². The molecule has 1 heterocycles. The highest BCUT2D eigenvalue weighted by Gasteiger charge is 2.24. The van der Waals surface area contributed by atoms with E-state index in [1.165, 1.54) is 5.56 Å². The predicted molar refractivity (Wildman–Crippen MR) is 74.4 cm³/mol. The van der Waals surface area contributed by atoms with Crippen LogP contribution in [-0.2, 0) is 6.42 Å². The van der Waals surface area contributed by atoms with E-state index in [-0.39, 0.29) is 5.92 Å². The number of nitrogens with one attached hydrogen (secondary N) is 1. The van der Waals surface area contributed by atoms with Gasteiger partial charge >= 0.3 is 0 Å². The summed E-state index contributed by atoms with van der Waals surface area (Å²) in [6.45, 7) is 6.25. The van der Waals surface area contributed by atoms with Gasteiger partial charge in [-0.05, 0) is 42.9 Å². The van der Waals surface area contributed by atoms with E-state index in [0.717, 1.165) is 37.9 Å². The van der Waals surface area contributed by atoms with Crippen LogP contribution >= 0.6 is 0 Å². The molecular formula is C16H24FN. The summed E-state index contributed by atoms with van der Waals surface area (Å²) in [6.07, 6.45) is 2.31. The first kappa shape index (κ1) is 13.5. The normalized spacial score (nSPS) is 22.1. The lowest BCUT2D eigenvalue weighted by Crippen LogP contribution is -2.32. The molecule has 0 bridgehead atoms. The van der Waals surface area contributed by atoms with Gasteiger partial charge in [-0.3, -0.25) is 0 Å². The van der Waals surface area contributed by atoms with Crippen LogP contribution in [0.5, 0.6) is 0 Å². The summed E-state index contributed by atoms with van der Waals surface area (Å²) in [5.74, 6) is 0.766. The smallest absolute Gasteiger partial charge is 0.129 e. The number of rotatable bonds is 4. The van der Waals surface area contributed by atoms with Gasteiger partial charge in [0, 0.05) is 12.5 Å². The number of halogens is 1. The fourth-order valence-corrected chi connectivity index (χ4v) is 2.76. The fraction of sp³-hybridized carbons (Fsp3) is 0.625. The molecule has 1 aliphatic rings. The summed E-state index contributed by atoms with van der Waals surface area (Å²) in [5, 5.41) is 3.29. The Hall–Kier alpha value is -0.890. The molecule has 2 atom stereocenters. The molecular weight excluding hydrogens is 225 g/mol. The van der Waals surface area contributed by atoms with Crippen LogP contribution in [0.4, 0.5) is 4.39 Å². The fourth-order valence-electron chi connectivity index (χ4n) is 2.76. The van der Waals surface area contributed by atoms with Crippen molar-refractivity contribution in [3.05, 3.63) is 35.4 Å². The van der Waals surface area contributed by atoms with Gasteiger partial charge in [-0.2, -0.15) is 0 Å². The molecule has 2 rings (SSSR count). The van der Waals surface area contributed by atoms with Crippen LogP contribution in [0, 0.1) is 11.8 Å². The second-order valence-electron chi connectivity index (χ2n) is 5.85. The summed E-state index contributed by atoms with van der Waals surface area (Å²) in [4.78, 5) is 0. The third kappa shape index (κ3) is 3.55. The Morgan fingerprint density at radius 2 is 2.22 bits per heavy atom. The van der Waals surface area contributed by atoms with E-state index in [2.05, 4.69) is 31.3 Å². The van der Waals surface area contributed by atoms with Gasteiger partial charge < -0.3 is 5.32 Å². The van der Waals surface area contributed by atoms with Gasteiger partial charge in [0.1, 0.15) is 6.17 Å². The predicted octanol–water partition coefficient (Wildman–Crippen LogP) is 3.90. The minimum absolute atomic E-state index is 0.146. The van der Waals surface area contributed by atoms with Crippen molar-refractivity contribution in [1.82, 2.24) is 5.32 Å². The van der Waals surface area contributed by atoms with Crippen molar-refractivity contribution in [2.45, 2.75) is 39.3 Å². The van der Waals surface area contributed by atoms with E-state index < -0.39 is 6.17 Å². The molecule has 0 amide bonds. The third-order valence-electron chi connectivity index (χ3n) is 3.66. The minimum Gasteiger partial charge on any atom is -0.316 e. The zero-order valence-corrected chi connectivity index (χ0v) is 11.5. The molecule has 1 fully saturated rings. The first-order valence-corrected chi connectivity index (χ1v) is 7.10. The number of hydrogen-bond donors (Lipinski definition) is 1. The van der Waals surface area contributed by atoms with Gasteiger partial charge in [0.05, 0.1) is 0 Å². The molecule has 1 aromatic rings. The SMILES string of the molecule is CC(C)Cc1cccc(C(F)C2CCCNC2)c1. The van der Waals surface area contributed by atoms with Crippen LogP contribution in [-0.4, -0.2) is 13.1 Å². The van der Waals surface area contributed by atoms with Crippen LogP contribution in [0.2, 0.25) is 0 Å². The zero-order valence-electron chi connectivity index (χ0n) is 11.5. The van der Waals surface area contributed by atoms with Crippen molar-refractivity contribution in [1.29, 1.82) is 0 Å². The first-order valence-electron chi connectivity index (χ1n) is 7.10. The number of alkyl halides is 1. The summed E-state index contributed by atoms with van der Waals surface area (Å²) in [5.41, 5.74) is 2.12. The highest BCUT2D eigenvalue weighted by molar-refractivity contribution is 5.26. The molecule has 1 saturated heterocycles. The average Bonchev–Trinajstić information content (AvgIpc) is 2.38. The van der Waals surface area contributed by atoms with Gasteiger partial charge in [-0.1, -0.05) is 38.1 Å². The topological polar surface area (TPSA) is 12.0 Å². The number of hydrogen-bond acceptors (Lipinski definition) is 1. The lowest BCUT2D eigenvalue weighted by atomic mass is 9.89. The Balaban J connectivity index is 2.06. The van der Waals surface area contributed by atoms with E-state index in [4.69, 9.17) is 0 Å². The third-order valence-corrected chi connectivity index (χ3v) is 3.66. The molecule has 1 nitrogen and oxygen atoms in total. The van der Waals surface area contributed by atoms with Crippen molar-refractivity contribution in [3.8, 4) is 0 Å². The van der Waals surface area contributed by atoms with Crippen LogP contribution in [0.3, 0.4) is 0 Å². The summed E-state index contributed by atoms with van der Waals surface area (Å²) >= 11 is 0. The standard InChI is InChI=1S/C16H24FN/c1-12(2)9-13-5-3-6-14(10-13)16(17)15-7-4-8-18-11-15/h3,5-6,10,12,15-16,18H,4,7-9,11H2,1-2H3. The lowest BCUT2D eigenvalue weighted by molar-refractivity contribution is 0.194. The Morgan fingerprint density at radius 3 is 2.89 bits per heavy atom. The molecule has 2 unspecified atom stereocenters. The van der Waals surface area contributed by atoms with Crippen LogP contribution < -0.4 is 5.32 Å². The van der Waals surface area contributed by atoms with Crippen molar-refractivity contribution in [2.75, 3.05) is 13.1 Å². The molecule has 0 aliphatic carbocycles. The Bertz CT molecular complexity index is 369. The van der Waals surface area contributed by atoms with Gasteiger partial charge in [0.2, 0.25) is 0 Å². The molecule has 18 heavy (non-hydrogen) atoms. The molecule has 0 aromatic heterocycles. The summed E-state index contributed by atoms with van der Waals surface area (Å²) < 4.78 is 14.5. The maximum atomic E-state index is 14.5. The summed E-state index contributed by atoms with van der Waals surface area (Å²) in [6, 6.07) is 8.09. The summed E-state index contributed by atoms with van der Waals surface area (Å²) in [7, 11) is 0. The monoisotopic (exact) mass is 249 g/mol.